The third kappa shape index (κ3) is 35.6. The van der Waals surface area contributed by atoms with Crippen LogP contribution in [-0.2, 0) is 19.1 Å². The van der Waals surface area contributed by atoms with E-state index in [1.165, 1.54) is 128 Å². The monoisotopic (exact) mass is 639 g/mol. The number of carbonyl (C=O) groups excluding carboxylic acids is 2. The molecular formula is C39H78N2O4. The number of nitrogens with zero attached hydrogens (tertiary/aromatic N) is 2. The van der Waals surface area contributed by atoms with Gasteiger partial charge in [-0.1, -0.05) is 155 Å². The Hall–Kier alpha value is -1.14. The minimum atomic E-state index is -0.120. The van der Waals surface area contributed by atoms with Crippen LogP contribution in [0.2, 0.25) is 0 Å². The Balaban J connectivity index is 3.88. The highest BCUT2D eigenvalue weighted by molar-refractivity contribution is 5.70. The third-order valence-electron chi connectivity index (χ3n) is 8.87. The second kappa shape index (κ2) is 35.7. The topological polar surface area (TPSA) is 59.1 Å². The number of carbonyl (C=O) groups is 2. The van der Waals surface area contributed by atoms with Crippen molar-refractivity contribution in [3.63, 3.8) is 0 Å². The summed E-state index contributed by atoms with van der Waals surface area (Å²) in [6.07, 6.45) is 33.0. The van der Waals surface area contributed by atoms with Gasteiger partial charge < -0.3 is 19.3 Å². The average Bonchev–Trinajstić information content (AvgIpc) is 3.02. The molecule has 0 atom stereocenters. The first kappa shape index (κ1) is 43.9. The van der Waals surface area contributed by atoms with Crippen LogP contribution in [0.3, 0.4) is 0 Å². The van der Waals surface area contributed by atoms with E-state index >= 15 is 0 Å². The molecule has 0 amide bonds. The lowest BCUT2D eigenvalue weighted by Gasteiger charge is -2.22. The molecule has 0 aromatic heterocycles. The molecular weight excluding hydrogens is 560 g/mol. The van der Waals surface area contributed by atoms with E-state index in [9.17, 15) is 9.59 Å². The van der Waals surface area contributed by atoms with Crippen molar-refractivity contribution in [2.45, 2.75) is 187 Å². The molecule has 0 saturated carbocycles. The van der Waals surface area contributed by atoms with Gasteiger partial charge in [0.05, 0.1) is 26.1 Å². The molecule has 0 heterocycles. The highest BCUT2D eigenvalue weighted by Crippen LogP contribution is 2.13. The summed E-state index contributed by atoms with van der Waals surface area (Å²) in [4.78, 5) is 29.1. The first-order valence-corrected chi connectivity index (χ1v) is 19.7. The largest absolute Gasteiger partial charge is 0.466 e. The zero-order chi connectivity index (χ0) is 33.1. The molecule has 0 saturated heterocycles. The zero-order valence-electron chi connectivity index (χ0n) is 30.9. The fourth-order valence-corrected chi connectivity index (χ4v) is 5.85. The first-order valence-electron chi connectivity index (χ1n) is 19.7. The number of rotatable bonds is 36. The predicted octanol–water partition coefficient (Wildman–Crippen LogP) is 10.5. The van der Waals surface area contributed by atoms with E-state index in [1.54, 1.807) is 0 Å². The summed E-state index contributed by atoms with van der Waals surface area (Å²) in [5.41, 5.74) is 0. The molecule has 0 unspecified atom stereocenters. The highest BCUT2D eigenvalue weighted by atomic mass is 16.5. The maximum absolute atomic E-state index is 12.4. The molecule has 268 valence electrons. The second-order valence-electron chi connectivity index (χ2n) is 13.7. The quantitative estimate of drug-likeness (QED) is 0.0503. The van der Waals surface area contributed by atoms with Crippen LogP contribution in [-0.4, -0.2) is 75.2 Å². The summed E-state index contributed by atoms with van der Waals surface area (Å²) in [7, 11) is 4.15. The summed E-state index contributed by atoms with van der Waals surface area (Å²) in [6, 6.07) is 0. The van der Waals surface area contributed by atoms with Crippen molar-refractivity contribution >= 4 is 11.9 Å². The fraction of sp³-hybridized carbons (Fsp3) is 0.949. The molecule has 0 aliphatic heterocycles. The number of unbranched alkanes of at least 4 members (excludes halogenated alkanes) is 22. The van der Waals surface area contributed by atoms with Crippen LogP contribution in [0.1, 0.15) is 187 Å². The van der Waals surface area contributed by atoms with Gasteiger partial charge in [0, 0.05) is 13.1 Å². The van der Waals surface area contributed by atoms with Gasteiger partial charge in [-0.25, -0.2) is 0 Å². The Morgan fingerprint density at radius 1 is 0.400 bits per heavy atom. The molecule has 0 fully saturated rings. The maximum Gasteiger partial charge on any atom is 0.307 e. The van der Waals surface area contributed by atoms with Gasteiger partial charge >= 0.3 is 11.9 Å². The summed E-state index contributed by atoms with van der Waals surface area (Å²) in [6.45, 7) is 8.73. The standard InChI is InChI=1S/C39H78N2O4/c1-5-7-9-11-13-15-17-19-21-23-25-27-36-44-38(42)30-34-41(33-29-32-40(3)4)35-31-39(43)45-37-28-26-24-22-20-18-16-14-12-10-8-6-2/h5-37H2,1-4H3. The molecule has 6 heteroatoms. The van der Waals surface area contributed by atoms with Gasteiger partial charge in [-0.3, -0.25) is 9.59 Å². The zero-order valence-corrected chi connectivity index (χ0v) is 30.9. The second-order valence-corrected chi connectivity index (χ2v) is 13.7. The molecule has 0 spiro atoms. The summed E-state index contributed by atoms with van der Waals surface area (Å²) in [5.74, 6) is -0.240. The van der Waals surface area contributed by atoms with Crippen molar-refractivity contribution in [3.8, 4) is 0 Å². The van der Waals surface area contributed by atoms with E-state index in [4.69, 9.17) is 9.47 Å². The van der Waals surface area contributed by atoms with E-state index in [2.05, 4.69) is 37.7 Å². The van der Waals surface area contributed by atoms with Crippen LogP contribution >= 0.6 is 0 Å². The van der Waals surface area contributed by atoms with Gasteiger partial charge in [-0.05, 0) is 46.4 Å². The molecule has 0 rings (SSSR count). The molecule has 45 heavy (non-hydrogen) atoms. The van der Waals surface area contributed by atoms with E-state index in [1.807, 2.05) is 0 Å². The lowest BCUT2D eigenvalue weighted by atomic mass is 10.1. The van der Waals surface area contributed by atoms with Crippen molar-refractivity contribution in [2.24, 2.45) is 0 Å². The van der Waals surface area contributed by atoms with Crippen molar-refractivity contribution in [3.05, 3.63) is 0 Å². The van der Waals surface area contributed by atoms with Crippen LogP contribution in [0.5, 0.6) is 0 Å². The lowest BCUT2D eigenvalue weighted by Crippen LogP contribution is -2.32. The van der Waals surface area contributed by atoms with Gasteiger partial charge in [0.2, 0.25) is 0 Å². The summed E-state index contributed by atoms with van der Waals surface area (Å²) in [5, 5.41) is 0. The molecule has 0 N–H and O–H groups in total. The Morgan fingerprint density at radius 2 is 0.711 bits per heavy atom. The number of hydrogen-bond donors (Lipinski definition) is 0. The SMILES string of the molecule is CCCCCCCCCCCCCCOC(=O)CCN(CCCN(C)C)CCC(=O)OCCCCCCCCCCCCCC. The van der Waals surface area contributed by atoms with Crippen LogP contribution in [0.25, 0.3) is 0 Å². The van der Waals surface area contributed by atoms with Gasteiger partial charge in [0.1, 0.15) is 0 Å². The van der Waals surface area contributed by atoms with Gasteiger partial charge in [-0.15, -0.1) is 0 Å². The molecule has 0 aliphatic rings. The van der Waals surface area contributed by atoms with Crippen LogP contribution in [0.15, 0.2) is 0 Å². The van der Waals surface area contributed by atoms with Crippen LogP contribution in [0, 0.1) is 0 Å². The Morgan fingerprint density at radius 3 is 1.02 bits per heavy atom. The van der Waals surface area contributed by atoms with E-state index in [0.717, 1.165) is 45.2 Å². The molecule has 0 aromatic carbocycles. The molecule has 0 bridgehead atoms. The predicted molar refractivity (Wildman–Crippen MR) is 193 cm³/mol. The number of hydrogen-bond acceptors (Lipinski definition) is 6. The Bertz CT molecular complexity index is 582. The normalized spacial score (nSPS) is 11.5. The smallest absolute Gasteiger partial charge is 0.307 e. The van der Waals surface area contributed by atoms with E-state index in [-0.39, 0.29) is 11.9 Å². The van der Waals surface area contributed by atoms with Crippen molar-refractivity contribution in [2.75, 3.05) is 53.5 Å². The minimum Gasteiger partial charge on any atom is -0.466 e. The maximum atomic E-state index is 12.4. The average molecular weight is 639 g/mol. The molecule has 0 radical (unpaired) electrons. The lowest BCUT2D eigenvalue weighted by molar-refractivity contribution is -0.144. The summed E-state index contributed by atoms with van der Waals surface area (Å²) >= 11 is 0. The van der Waals surface area contributed by atoms with Crippen LogP contribution in [0.4, 0.5) is 0 Å². The van der Waals surface area contributed by atoms with Gasteiger partial charge in [0.25, 0.3) is 0 Å². The van der Waals surface area contributed by atoms with Gasteiger partial charge in [0.15, 0.2) is 0 Å². The third-order valence-corrected chi connectivity index (χ3v) is 8.87. The van der Waals surface area contributed by atoms with Crippen molar-refractivity contribution in [1.29, 1.82) is 0 Å². The fourth-order valence-electron chi connectivity index (χ4n) is 5.85. The van der Waals surface area contributed by atoms with E-state index in [0.29, 0.717) is 39.1 Å². The number of ether oxygens (including phenoxy) is 2. The van der Waals surface area contributed by atoms with Crippen molar-refractivity contribution < 1.29 is 19.1 Å². The Labute approximate surface area is 281 Å². The minimum absolute atomic E-state index is 0.120. The van der Waals surface area contributed by atoms with Crippen molar-refractivity contribution in [1.82, 2.24) is 9.80 Å². The first-order chi connectivity index (χ1) is 22.0. The highest BCUT2D eigenvalue weighted by Gasteiger charge is 2.12. The van der Waals surface area contributed by atoms with Gasteiger partial charge in [-0.2, -0.15) is 0 Å². The molecule has 0 aliphatic carbocycles. The molecule has 6 nitrogen and oxygen atoms in total. The number of esters is 2. The van der Waals surface area contributed by atoms with E-state index < -0.39 is 0 Å². The molecule has 0 aromatic rings. The summed E-state index contributed by atoms with van der Waals surface area (Å²) < 4.78 is 11.0. The van der Waals surface area contributed by atoms with Crippen LogP contribution < -0.4 is 0 Å². The Kier molecular flexibility index (Phi) is 34.8.